The lowest BCUT2D eigenvalue weighted by Crippen LogP contribution is -2.25. The summed E-state index contributed by atoms with van der Waals surface area (Å²) in [7, 11) is 0. The van der Waals surface area contributed by atoms with Crippen LogP contribution < -0.4 is 10.5 Å². The van der Waals surface area contributed by atoms with Crippen LogP contribution in [0.25, 0.3) is 0 Å². The first-order chi connectivity index (χ1) is 12.4. The molecular weight excluding hydrogens is 332 g/mol. The van der Waals surface area contributed by atoms with Gasteiger partial charge in [0.2, 0.25) is 5.88 Å². The van der Waals surface area contributed by atoms with Gasteiger partial charge in [0.15, 0.2) is 0 Å². The van der Waals surface area contributed by atoms with Crippen molar-refractivity contribution in [3.63, 3.8) is 0 Å². The van der Waals surface area contributed by atoms with Gasteiger partial charge in [-0.05, 0) is 37.5 Å². The summed E-state index contributed by atoms with van der Waals surface area (Å²) in [5, 5.41) is 9.54. The van der Waals surface area contributed by atoms with Crippen LogP contribution in [0.5, 0.6) is 5.75 Å². The van der Waals surface area contributed by atoms with Crippen molar-refractivity contribution in [1.82, 2.24) is 0 Å². The molecule has 0 aliphatic carbocycles. The Bertz CT molecular complexity index is 770. The second-order valence-electron chi connectivity index (χ2n) is 6.39. The Morgan fingerprint density at radius 1 is 1.35 bits per heavy atom. The minimum Gasteiger partial charge on any atom is -0.493 e. The van der Waals surface area contributed by atoms with Crippen LogP contribution in [0.1, 0.15) is 39.2 Å². The molecule has 0 fully saturated rings. The number of carbonyl (C=O) groups excluding carboxylic acids is 1. The van der Waals surface area contributed by atoms with Crippen LogP contribution in [-0.4, -0.2) is 19.2 Å². The van der Waals surface area contributed by atoms with Crippen molar-refractivity contribution >= 4 is 5.97 Å². The Hall–Kier alpha value is -2.94. The van der Waals surface area contributed by atoms with E-state index in [0.717, 1.165) is 11.3 Å². The Balaban J connectivity index is 2.41. The molecule has 0 saturated heterocycles. The standard InChI is InChI=1S/C20H24N2O4/c1-5-24-20(23)17-13(4)26-19(22)16(10-21)18(17)14-6-8-15(9-7-14)25-11-12(2)3/h6-9,12,18H,5,11,22H2,1-4H3. The smallest absolute Gasteiger partial charge is 0.338 e. The van der Waals surface area contributed by atoms with Gasteiger partial charge in [0.1, 0.15) is 23.2 Å². The van der Waals surface area contributed by atoms with E-state index in [2.05, 4.69) is 19.9 Å². The van der Waals surface area contributed by atoms with E-state index in [9.17, 15) is 10.1 Å². The van der Waals surface area contributed by atoms with E-state index in [4.69, 9.17) is 19.9 Å². The van der Waals surface area contributed by atoms with E-state index in [1.807, 2.05) is 24.3 Å². The number of carbonyl (C=O) groups is 1. The predicted octanol–water partition coefficient (Wildman–Crippen LogP) is 3.37. The first kappa shape index (κ1) is 19.4. The van der Waals surface area contributed by atoms with E-state index in [-0.39, 0.29) is 23.6 Å². The Morgan fingerprint density at radius 3 is 2.54 bits per heavy atom. The molecule has 1 aromatic carbocycles. The maximum Gasteiger partial charge on any atom is 0.338 e. The lowest BCUT2D eigenvalue weighted by molar-refractivity contribution is -0.139. The van der Waals surface area contributed by atoms with Crippen LogP contribution in [-0.2, 0) is 14.3 Å². The van der Waals surface area contributed by atoms with Gasteiger partial charge in [-0.2, -0.15) is 5.26 Å². The average Bonchev–Trinajstić information content (AvgIpc) is 2.60. The molecule has 1 heterocycles. The maximum absolute atomic E-state index is 12.4. The zero-order chi connectivity index (χ0) is 19.3. The Morgan fingerprint density at radius 2 is 2.00 bits per heavy atom. The highest BCUT2D eigenvalue weighted by atomic mass is 16.5. The second-order valence-corrected chi connectivity index (χ2v) is 6.39. The third-order valence-corrected chi connectivity index (χ3v) is 3.90. The molecule has 1 atom stereocenters. The number of nitrogens with two attached hydrogens (primary N) is 1. The number of rotatable bonds is 6. The van der Waals surface area contributed by atoms with Gasteiger partial charge in [-0.3, -0.25) is 0 Å². The zero-order valence-electron chi connectivity index (χ0n) is 15.5. The molecule has 1 aliphatic heterocycles. The summed E-state index contributed by atoms with van der Waals surface area (Å²) < 4.78 is 16.2. The number of nitrogens with zero attached hydrogens (tertiary/aromatic N) is 1. The van der Waals surface area contributed by atoms with Gasteiger partial charge in [0, 0.05) is 0 Å². The molecule has 0 spiro atoms. The number of nitriles is 1. The van der Waals surface area contributed by atoms with Crippen molar-refractivity contribution in [2.75, 3.05) is 13.2 Å². The molecule has 0 amide bonds. The quantitative estimate of drug-likeness (QED) is 0.785. The van der Waals surface area contributed by atoms with Crippen LogP contribution >= 0.6 is 0 Å². The summed E-state index contributed by atoms with van der Waals surface area (Å²) in [6.45, 7) is 8.35. The molecule has 1 unspecified atom stereocenters. The summed E-state index contributed by atoms with van der Waals surface area (Å²) in [5.74, 6) is 0.332. The van der Waals surface area contributed by atoms with Crippen molar-refractivity contribution < 1.29 is 19.0 Å². The largest absolute Gasteiger partial charge is 0.493 e. The summed E-state index contributed by atoms with van der Waals surface area (Å²) in [4.78, 5) is 12.4. The molecule has 2 rings (SSSR count). The fraction of sp³-hybridized carbons (Fsp3) is 0.400. The first-order valence-corrected chi connectivity index (χ1v) is 8.57. The van der Waals surface area contributed by atoms with Gasteiger partial charge in [0.05, 0.1) is 24.7 Å². The van der Waals surface area contributed by atoms with E-state index >= 15 is 0 Å². The summed E-state index contributed by atoms with van der Waals surface area (Å²) >= 11 is 0. The van der Waals surface area contributed by atoms with E-state index < -0.39 is 11.9 Å². The van der Waals surface area contributed by atoms with Gasteiger partial charge >= 0.3 is 5.97 Å². The fourth-order valence-electron chi connectivity index (χ4n) is 2.71. The lowest BCUT2D eigenvalue weighted by atomic mass is 9.83. The average molecular weight is 356 g/mol. The van der Waals surface area contributed by atoms with Crippen LogP contribution in [0.3, 0.4) is 0 Å². The number of ether oxygens (including phenoxy) is 3. The number of benzene rings is 1. The molecule has 2 N–H and O–H groups in total. The molecule has 26 heavy (non-hydrogen) atoms. The summed E-state index contributed by atoms with van der Waals surface area (Å²) in [5.41, 5.74) is 7.10. The Kier molecular flexibility index (Phi) is 6.29. The monoisotopic (exact) mass is 356 g/mol. The lowest BCUT2D eigenvalue weighted by Gasteiger charge is -2.27. The third kappa shape index (κ3) is 4.17. The third-order valence-electron chi connectivity index (χ3n) is 3.90. The van der Waals surface area contributed by atoms with Crippen LogP contribution in [0.15, 0.2) is 47.1 Å². The number of esters is 1. The first-order valence-electron chi connectivity index (χ1n) is 8.57. The van der Waals surface area contributed by atoms with Gasteiger partial charge in [-0.25, -0.2) is 4.79 Å². The molecule has 1 aromatic rings. The molecular formula is C20H24N2O4. The molecule has 0 bridgehead atoms. The highest BCUT2D eigenvalue weighted by Crippen LogP contribution is 2.39. The van der Waals surface area contributed by atoms with E-state index in [1.54, 1.807) is 13.8 Å². The van der Waals surface area contributed by atoms with Crippen molar-refractivity contribution in [3.05, 3.63) is 52.6 Å². The minimum absolute atomic E-state index is 0.00295. The molecule has 6 nitrogen and oxygen atoms in total. The molecule has 0 saturated carbocycles. The van der Waals surface area contributed by atoms with Gasteiger partial charge < -0.3 is 19.9 Å². The van der Waals surface area contributed by atoms with E-state index in [1.165, 1.54) is 0 Å². The van der Waals surface area contributed by atoms with Crippen molar-refractivity contribution in [2.24, 2.45) is 11.7 Å². The number of hydrogen-bond acceptors (Lipinski definition) is 6. The second kappa shape index (κ2) is 8.43. The van der Waals surface area contributed by atoms with Crippen LogP contribution in [0, 0.1) is 17.2 Å². The van der Waals surface area contributed by atoms with Crippen LogP contribution in [0.4, 0.5) is 0 Å². The maximum atomic E-state index is 12.4. The molecule has 138 valence electrons. The topological polar surface area (TPSA) is 94.6 Å². The highest BCUT2D eigenvalue weighted by Gasteiger charge is 2.36. The van der Waals surface area contributed by atoms with Gasteiger partial charge in [-0.15, -0.1) is 0 Å². The van der Waals surface area contributed by atoms with E-state index in [0.29, 0.717) is 18.3 Å². The van der Waals surface area contributed by atoms with Crippen molar-refractivity contribution in [2.45, 2.75) is 33.6 Å². The number of allylic oxidation sites excluding steroid dienone is 2. The highest BCUT2D eigenvalue weighted by molar-refractivity contribution is 5.92. The van der Waals surface area contributed by atoms with Crippen LogP contribution in [0.2, 0.25) is 0 Å². The SMILES string of the molecule is CCOC(=O)C1=C(C)OC(N)=C(C#N)C1c1ccc(OCC(C)C)cc1. The molecule has 1 aliphatic rings. The minimum atomic E-state index is -0.632. The Labute approximate surface area is 153 Å². The van der Waals surface area contributed by atoms with Gasteiger partial charge in [0.25, 0.3) is 0 Å². The zero-order valence-corrected chi connectivity index (χ0v) is 15.5. The van der Waals surface area contributed by atoms with Crippen molar-refractivity contribution in [1.29, 1.82) is 5.26 Å². The summed E-state index contributed by atoms with van der Waals surface area (Å²) in [6.07, 6.45) is 0. The van der Waals surface area contributed by atoms with Crippen molar-refractivity contribution in [3.8, 4) is 11.8 Å². The molecule has 0 aromatic heterocycles. The summed E-state index contributed by atoms with van der Waals surface area (Å²) in [6, 6.07) is 9.34. The predicted molar refractivity (Wildman–Crippen MR) is 96.8 cm³/mol. The van der Waals surface area contributed by atoms with Gasteiger partial charge in [-0.1, -0.05) is 26.0 Å². The number of hydrogen-bond donors (Lipinski definition) is 1. The normalized spacial score (nSPS) is 17.0. The molecule has 0 radical (unpaired) electrons. The molecule has 6 heteroatoms. The fourth-order valence-corrected chi connectivity index (χ4v) is 2.71.